The monoisotopic (exact) mass is 97.1 g/mol. The fourth-order valence-corrected chi connectivity index (χ4v) is 0.252. The SMILES string of the molecule is [B]=BB=BB=BOC. The Kier molecular flexibility index (Phi) is 7.36. The molecular weight excluding hydrogens is 92.9 g/mol. The van der Waals surface area contributed by atoms with E-state index < -0.39 is 0 Å². The van der Waals surface area contributed by atoms with Crippen molar-refractivity contribution >= 4 is 41.1 Å². The van der Waals surface area contributed by atoms with Gasteiger partial charge in [-0.1, -0.05) is 0 Å². The van der Waals surface area contributed by atoms with Gasteiger partial charge in [-0.25, -0.2) is 0 Å². The van der Waals surface area contributed by atoms with Crippen molar-refractivity contribution in [2.45, 2.75) is 0 Å². The van der Waals surface area contributed by atoms with Gasteiger partial charge in [-0.05, 0) is 0 Å². The summed E-state index contributed by atoms with van der Waals surface area (Å²) >= 11 is 0. The van der Waals surface area contributed by atoms with Crippen molar-refractivity contribution in [2.75, 3.05) is 7.11 Å². The molecule has 0 aliphatic carbocycles. The van der Waals surface area contributed by atoms with E-state index in [1.807, 2.05) is 0 Å². The third-order valence-corrected chi connectivity index (χ3v) is 0.548. The van der Waals surface area contributed by atoms with E-state index in [9.17, 15) is 0 Å². The zero-order chi connectivity index (χ0) is 6.24. The van der Waals surface area contributed by atoms with Crippen LogP contribution >= 0.6 is 0 Å². The zero-order valence-electron chi connectivity index (χ0n) is 4.87. The van der Waals surface area contributed by atoms with Crippen LogP contribution in [0.4, 0.5) is 0 Å². The molecule has 0 aliphatic rings. The Labute approximate surface area is 53.7 Å². The molecule has 0 amide bonds. The van der Waals surface area contributed by atoms with Gasteiger partial charge in [0.25, 0.3) is 0 Å². The van der Waals surface area contributed by atoms with E-state index in [0.717, 1.165) is 0 Å². The molecule has 0 N–H and O–H groups in total. The Hall–Kier alpha value is 0.190. The van der Waals surface area contributed by atoms with Crippen LogP contribution in [0.1, 0.15) is 0 Å². The molecule has 0 fully saturated rings. The van der Waals surface area contributed by atoms with Crippen molar-refractivity contribution in [3.8, 4) is 0 Å². The molecule has 0 aliphatic heterocycles. The Morgan fingerprint density at radius 1 is 1.25 bits per heavy atom. The number of hydrogen-bond acceptors (Lipinski definition) is 1. The zero-order valence-corrected chi connectivity index (χ0v) is 4.87. The average molecular weight is 95.9 g/mol. The minimum atomic E-state index is 1.46. The van der Waals surface area contributed by atoms with Crippen LogP contribution < -0.4 is 0 Å². The van der Waals surface area contributed by atoms with Crippen LogP contribution in [0.3, 0.4) is 0 Å². The fraction of sp³-hybridized carbons (Fsp3) is 1.00. The first kappa shape index (κ1) is 8.19. The predicted octanol–water partition coefficient (Wildman–Crippen LogP) is -2.19. The molecule has 31 valence electrons. The summed E-state index contributed by atoms with van der Waals surface area (Å²) in [4.78, 5) is 0. The molecule has 0 aromatic rings. The minimum absolute atomic E-state index is 1.46. The van der Waals surface area contributed by atoms with Crippen LogP contribution in [0.15, 0.2) is 0 Å². The van der Waals surface area contributed by atoms with Gasteiger partial charge in [0.1, 0.15) is 0 Å². The fourth-order valence-electron chi connectivity index (χ4n) is 0.252. The first-order valence-corrected chi connectivity index (χ1v) is 2.31. The molecule has 1 nitrogen and oxygen atoms in total. The van der Waals surface area contributed by atoms with Crippen molar-refractivity contribution in [3.05, 3.63) is 0 Å². The first-order valence-electron chi connectivity index (χ1n) is 2.31. The molecule has 1 radical (unpaired) electrons. The number of rotatable bonds is 3. The van der Waals surface area contributed by atoms with Crippen LogP contribution in [0.2, 0.25) is 0 Å². The summed E-state index contributed by atoms with van der Waals surface area (Å²) < 4.78 is 4.60. The van der Waals surface area contributed by atoms with E-state index in [4.69, 9.17) is 7.37 Å². The quantitative estimate of drug-likeness (QED) is 0.362. The van der Waals surface area contributed by atoms with Gasteiger partial charge in [0.15, 0.2) is 0 Å². The summed E-state index contributed by atoms with van der Waals surface area (Å²) in [6, 6.07) is 0. The molecule has 0 atom stereocenters. The normalized spacial score (nSPS) is 6.00. The second-order valence-electron chi connectivity index (χ2n) is 1.14. The van der Waals surface area contributed by atoms with Crippen LogP contribution in [0.5, 0.6) is 0 Å². The summed E-state index contributed by atoms with van der Waals surface area (Å²) in [6.45, 7) is 6.71. The molecule has 0 unspecified atom stereocenters. The maximum atomic E-state index is 5.02. The molecule has 0 saturated carbocycles. The standard InChI is InChI=1S/CH3B6O/c1-8-7-6-5-4-3-2/h1H3. The van der Waals surface area contributed by atoms with E-state index >= 15 is 0 Å². The van der Waals surface area contributed by atoms with E-state index in [2.05, 4.69) is 4.65 Å². The third-order valence-electron chi connectivity index (χ3n) is 0.548. The summed E-state index contributed by atoms with van der Waals surface area (Å²) in [5.74, 6) is 0. The van der Waals surface area contributed by atoms with Crippen LogP contribution in [-0.4, -0.2) is 48.3 Å². The molecule has 0 saturated heterocycles. The van der Waals surface area contributed by atoms with Gasteiger partial charge in [0, 0.05) is 0 Å². The molecule has 0 aromatic carbocycles. The van der Waals surface area contributed by atoms with Gasteiger partial charge in [0.2, 0.25) is 0 Å². The average Bonchev–Trinajstić information content (AvgIpc) is 1.81. The Morgan fingerprint density at radius 3 is 2.50 bits per heavy atom. The van der Waals surface area contributed by atoms with Gasteiger partial charge in [-0.15, -0.1) is 0 Å². The van der Waals surface area contributed by atoms with Gasteiger partial charge >= 0.3 is 52.9 Å². The van der Waals surface area contributed by atoms with Gasteiger partial charge < -0.3 is 0 Å². The summed E-state index contributed by atoms with van der Waals surface area (Å²) in [5, 5.41) is 0. The topological polar surface area (TPSA) is 9.23 Å². The van der Waals surface area contributed by atoms with Crippen molar-refractivity contribution in [1.29, 1.82) is 0 Å². The predicted molar refractivity (Wildman–Crippen MR) is 41.5 cm³/mol. The summed E-state index contributed by atoms with van der Waals surface area (Å²) in [6.07, 6.45) is 0. The molecule has 0 spiro atoms. The van der Waals surface area contributed by atoms with Gasteiger partial charge in [-0.2, -0.15) is 0 Å². The van der Waals surface area contributed by atoms with Crippen LogP contribution in [0.25, 0.3) is 0 Å². The Balaban J connectivity index is 3.26. The van der Waals surface area contributed by atoms with E-state index in [1.165, 1.54) is 6.69 Å². The first-order chi connectivity index (χ1) is 3.91. The van der Waals surface area contributed by atoms with Gasteiger partial charge in [-0.3, -0.25) is 0 Å². The van der Waals surface area contributed by atoms with Crippen molar-refractivity contribution in [1.82, 2.24) is 0 Å². The number of hydrogen-bond donors (Lipinski definition) is 0. The van der Waals surface area contributed by atoms with Crippen LogP contribution in [0, 0.1) is 0 Å². The van der Waals surface area contributed by atoms with Crippen molar-refractivity contribution in [2.24, 2.45) is 0 Å². The van der Waals surface area contributed by atoms with Gasteiger partial charge in [0.05, 0.1) is 0 Å². The summed E-state index contributed by atoms with van der Waals surface area (Å²) in [7, 11) is 8.19. The third kappa shape index (κ3) is 6.19. The Morgan fingerprint density at radius 2 is 2.00 bits per heavy atom. The second-order valence-corrected chi connectivity index (χ2v) is 1.14. The van der Waals surface area contributed by atoms with E-state index in [1.54, 1.807) is 34.2 Å². The van der Waals surface area contributed by atoms with Crippen LogP contribution in [-0.2, 0) is 4.65 Å². The van der Waals surface area contributed by atoms with E-state index in [0.29, 0.717) is 0 Å². The molecule has 0 bridgehead atoms. The maximum absolute atomic E-state index is 5.02. The van der Waals surface area contributed by atoms with Crippen molar-refractivity contribution < 1.29 is 4.65 Å². The Bertz CT molecular complexity index is 105. The second kappa shape index (κ2) is 7.19. The molecule has 7 heteroatoms. The summed E-state index contributed by atoms with van der Waals surface area (Å²) in [5.41, 5.74) is 0. The molecule has 0 aromatic heterocycles. The van der Waals surface area contributed by atoms with E-state index in [-0.39, 0.29) is 0 Å². The van der Waals surface area contributed by atoms with Crippen molar-refractivity contribution in [3.63, 3.8) is 0 Å². The molecule has 8 heavy (non-hydrogen) atoms. The molecule has 0 heterocycles. The molecular formula is CH3B6O. The molecule has 0 rings (SSSR count).